The summed E-state index contributed by atoms with van der Waals surface area (Å²) in [5.41, 5.74) is 0. The molecule has 0 amide bonds. The van der Waals surface area contributed by atoms with Crippen LogP contribution < -0.4 is 5.32 Å². The first-order valence-corrected chi connectivity index (χ1v) is 4.33. The summed E-state index contributed by atoms with van der Waals surface area (Å²) in [5, 5.41) is 9.66. The van der Waals surface area contributed by atoms with E-state index in [1.165, 1.54) is 4.90 Å². The Labute approximate surface area is 60.4 Å². The van der Waals surface area contributed by atoms with E-state index in [9.17, 15) is 4.57 Å². The normalized spacial score (nSPS) is 12.3. The summed E-state index contributed by atoms with van der Waals surface area (Å²) >= 11 is 0. The van der Waals surface area contributed by atoms with Gasteiger partial charge in [-0.05, 0) is 0 Å². The van der Waals surface area contributed by atoms with Crippen LogP contribution in [0.5, 0.6) is 0 Å². The molecule has 1 unspecified atom stereocenters. The third-order valence-corrected chi connectivity index (χ3v) is 1.74. The zero-order chi connectivity index (χ0) is 8.15. The van der Waals surface area contributed by atoms with Crippen molar-refractivity contribution < 1.29 is 9.46 Å². The van der Waals surface area contributed by atoms with E-state index in [-0.39, 0.29) is 12.2 Å². The lowest BCUT2D eigenvalue weighted by Gasteiger charge is -2.16. The molecule has 0 rings (SSSR count). The highest BCUT2D eigenvalue weighted by atomic mass is 31.1. The number of hydrogen-bond acceptors (Lipinski definition) is 2. The molecule has 60 valence electrons. The van der Waals surface area contributed by atoms with Gasteiger partial charge in [-0.25, -0.2) is 0 Å². The molecule has 0 saturated carbocycles. The topological polar surface area (TPSA) is 76.4 Å². The molecule has 0 aliphatic rings. The van der Waals surface area contributed by atoms with Crippen LogP contribution in [0.25, 0.3) is 0 Å². The van der Waals surface area contributed by atoms with Gasteiger partial charge in [0.05, 0.1) is 6.29 Å². The molecule has 0 heterocycles. The molecule has 0 aliphatic heterocycles. The SMILES string of the molecule is CNC(=N)N(C)C[PH](=O)O. The third kappa shape index (κ3) is 3.48. The molecule has 5 nitrogen and oxygen atoms in total. The molecule has 0 saturated heterocycles. The van der Waals surface area contributed by atoms with Crippen LogP contribution in [0.1, 0.15) is 0 Å². The zero-order valence-corrected chi connectivity index (χ0v) is 7.01. The third-order valence-electron chi connectivity index (χ3n) is 0.991. The quantitative estimate of drug-likeness (QED) is 0.293. The van der Waals surface area contributed by atoms with Crippen molar-refractivity contribution in [3.63, 3.8) is 0 Å². The Kier molecular flexibility index (Phi) is 4.07. The fourth-order valence-electron chi connectivity index (χ4n) is 0.473. The maximum Gasteiger partial charge on any atom is 0.207 e. The second kappa shape index (κ2) is 4.30. The average Bonchev–Trinajstić information content (AvgIpc) is 1.85. The standard InChI is InChI=1S/C4H12N3O2P/c1-6-4(5)7(2)3-10(8)9/h10H,3H2,1-2H3,(H2,5,6)(H,8,9). The summed E-state index contributed by atoms with van der Waals surface area (Å²) in [6.07, 6.45) is 0.0321. The van der Waals surface area contributed by atoms with Crippen LogP contribution in [0.3, 0.4) is 0 Å². The summed E-state index contributed by atoms with van der Waals surface area (Å²) in [7, 11) is 0.679. The second-order valence-corrected chi connectivity index (χ2v) is 2.95. The van der Waals surface area contributed by atoms with Crippen LogP contribution in [-0.2, 0) is 4.57 Å². The maximum absolute atomic E-state index is 10.2. The van der Waals surface area contributed by atoms with Gasteiger partial charge in [0.2, 0.25) is 8.03 Å². The monoisotopic (exact) mass is 165 g/mol. The lowest BCUT2D eigenvalue weighted by atomic mass is 10.8. The number of rotatable bonds is 2. The summed E-state index contributed by atoms with van der Waals surface area (Å²) in [5.74, 6) is 0.146. The van der Waals surface area contributed by atoms with Crippen LogP contribution in [-0.4, -0.2) is 36.1 Å². The molecule has 0 radical (unpaired) electrons. The summed E-state index contributed by atoms with van der Waals surface area (Å²) in [6, 6.07) is 0. The van der Waals surface area contributed by atoms with Gasteiger partial charge in [0.1, 0.15) is 0 Å². The molecular formula is C4H12N3O2P. The van der Waals surface area contributed by atoms with E-state index in [4.69, 9.17) is 10.3 Å². The van der Waals surface area contributed by atoms with Crippen molar-refractivity contribution in [1.82, 2.24) is 10.2 Å². The Bertz CT molecular complexity index is 149. The van der Waals surface area contributed by atoms with Crippen LogP contribution >= 0.6 is 8.03 Å². The van der Waals surface area contributed by atoms with Gasteiger partial charge in [0.25, 0.3) is 0 Å². The van der Waals surface area contributed by atoms with Crippen molar-refractivity contribution >= 4 is 14.0 Å². The largest absolute Gasteiger partial charge is 0.359 e. The van der Waals surface area contributed by atoms with Gasteiger partial charge in [-0.15, -0.1) is 0 Å². The summed E-state index contributed by atoms with van der Waals surface area (Å²) < 4.78 is 10.2. The Morgan fingerprint density at radius 1 is 1.90 bits per heavy atom. The number of guanidine groups is 1. The van der Waals surface area contributed by atoms with Gasteiger partial charge in [-0.3, -0.25) is 9.97 Å². The molecular weight excluding hydrogens is 153 g/mol. The zero-order valence-electron chi connectivity index (χ0n) is 6.01. The maximum atomic E-state index is 10.2. The van der Waals surface area contributed by atoms with E-state index < -0.39 is 8.03 Å². The van der Waals surface area contributed by atoms with E-state index in [0.29, 0.717) is 0 Å². The molecule has 0 aliphatic carbocycles. The van der Waals surface area contributed by atoms with Gasteiger partial charge in [0, 0.05) is 14.1 Å². The van der Waals surface area contributed by atoms with Gasteiger partial charge in [-0.1, -0.05) is 0 Å². The second-order valence-electron chi connectivity index (χ2n) is 1.85. The fourth-order valence-corrected chi connectivity index (χ4v) is 1.04. The number of hydrogen-bond donors (Lipinski definition) is 3. The van der Waals surface area contributed by atoms with Crippen molar-refractivity contribution in [2.45, 2.75) is 0 Å². The highest BCUT2D eigenvalue weighted by Gasteiger charge is 2.02. The Morgan fingerprint density at radius 2 is 2.40 bits per heavy atom. The molecule has 0 aromatic rings. The molecule has 3 N–H and O–H groups in total. The van der Waals surface area contributed by atoms with Gasteiger partial charge >= 0.3 is 0 Å². The predicted octanol–water partition coefficient (Wildman–Crippen LogP) is -0.503. The summed E-state index contributed by atoms with van der Waals surface area (Å²) in [6.45, 7) is 0. The molecule has 10 heavy (non-hydrogen) atoms. The van der Waals surface area contributed by atoms with E-state index in [1.54, 1.807) is 14.1 Å². The van der Waals surface area contributed by atoms with Gasteiger partial charge in [0.15, 0.2) is 5.96 Å². The highest BCUT2D eigenvalue weighted by molar-refractivity contribution is 7.37. The smallest absolute Gasteiger partial charge is 0.207 e. The molecule has 1 atom stereocenters. The lowest BCUT2D eigenvalue weighted by molar-refractivity contribution is 0.467. The lowest BCUT2D eigenvalue weighted by Crippen LogP contribution is -2.35. The minimum Gasteiger partial charge on any atom is -0.359 e. The van der Waals surface area contributed by atoms with Crippen molar-refractivity contribution in [2.75, 3.05) is 20.4 Å². The Morgan fingerprint density at radius 3 is 2.70 bits per heavy atom. The number of nitrogens with one attached hydrogen (secondary N) is 2. The molecule has 0 bridgehead atoms. The fraction of sp³-hybridized carbons (Fsp3) is 0.750. The molecule has 0 spiro atoms. The Hall–Kier alpha value is -0.540. The molecule has 0 aromatic carbocycles. The van der Waals surface area contributed by atoms with Crippen molar-refractivity contribution in [2.24, 2.45) is 0 Å². The van der Waals surface area contributed by atoms with E-state index >= 15 is 0 Å². The van der Waals surface area contributed by atoms with Crippen LogP contribution in [0, 0.1) is 5.41 Å². The minimum atomic E-state index is -2.49. The summed E-state index contributed by atoms with van der Waals surface area (Å²) in [4.78, 5) is 9.82. The number of nitrogens with zero attached hydrogens (tertiary/aromatic N) is 1. The average molecular weight is 165 g/mol. The minimum absolute atomic E-state index is 0.0321. The van der Waals surface area contributed by atoms with E-state index in [2.05, 4.69) is 5.32 Å². The molecule has 0 aromatic heterocycles. The van der Waals surface area contributed by atoms with Crippen LogP contribution in [0.4, 0.5) is 0 Å². The Balaban J connectivity index is 3.72. The first kappa shape index (κ1) is 9.46. The first-order valence-electron chi connectivity index (χ1n) is 2.77. The van der Waals surface area contributed by atoms with E-state index in [1.807, 2.05) is 0 Å². The van der Waals surface area contributed by atoms with Crippen molar-refractivity contribution in [3.05, 3.63) is 0 Å². The highest BCUT2D eigenvalue weighted by Crippen LogP contribution is 2.12. The molecule has 0 fully saturated rings. The van der Waals surface area contributed by atoms with Crippen LogP contribution in [0.15, 0.2) is 0 Å². The van der Waals surface area contributed by atoms with Gasteiger partial charge < -0.3 is 15.1 Å². The van der Waals surface area contributed by atoms with E-state index in [0.717, 1.165) is 0 Å². The van der Waals surface area contributed by atoms with Crippen molar-refractivity contribution in [1.29, 1.82) is 5.41 Å². The molecule has 6 heteroatoms. The van der Waals surface area contributed by atoms with Crippen molar-refractivity contribution in [3.8, 4) is 0 Å². The van der Waals surface area contributed by atoms with Gasteiger partial charge in [-0.2, -0.15) is 0 Å². The predicted molar refractivity (Wildman–Crippen MR) is 40.6 cm³/mol. The van der Waals surface area contributed by atoms with Crippen LogP contribution in [0.2, 0.25) is 0 Å². The first-order chi connectivity index (χ1) is 4.57.